The minimum atomic E-state index is -0.875. The zero-order valence-electron chi connectivity index (χ0n) is 13.5. The Balaban J connectivity index is 1.91. The molecular formula is C17H22N2O4. The average molecular weight is 318 g/mol. The van der Waals surface area contributed by atoms with Crippen LogP contribution in [0.25, 0.3) is 0 Å². The number of carbonyl (C=O) groups excluding carboxylic acids is 1. The average Bonchev–Trinajstić information content (AvgIpc) is 3.07. The van der Waals surface area contributed by atoms with Gasteiger partial charge in [0.25, 0.3) is 0 Å². The highest BCUT2D eigenvalue weighted by atomic mass is 16.5. The maximum absolute atomic E-state index is 12.0. The van der Waals surface area contributed by atoms with Gasteiger partial charge in [-0.25, -0.2) is 4.79 Å². The van der Waals surface area contributed by atoms with Crippen LogP contribution >= 0.6 is 0 Å². The van der Waals surface area contributed by atoms with Gasteiger partial charge in [-0.3, -0.25) is 0 Å². The van der Waals surface area contributed by atoms with Crippen molar-refractivity contribution in [2.45, 2.75) is 26.0 Å². The zero-order valence-corrected chi connectivity index (χ0v) is 13.5. The van der Waals surface area contributed by atoms with E-state index < -0.39 is 6.10 Å². The summed E-state index contributed by atoms with van der Waals surface area (Å²) in [5, 5.41) is 15.3. The van der Waals surface area contributed by atoms with Gasteiger partial charge in [0.05, 0.1) is 26.0 Å². The molecule has 2 amide bonds. The normalized spacial score (nSPS) is 13.2. The van der Waals surface area contributed by atoms with Crippen molar-refractivity contribution in [3.05, 3.63) is 53.5 Å². The van der Waals surface area contributed by atoms with E-state index >= 15 is 0 Å². The second kappa shape index (κ2) is 7.69. The van der Waals surface area contributed by atoms with E-state index in [1.165, 1.54) is 6.26 Å². The van der Waals surface area contributed by atoms with E-state index in [2.05, 4.69) is 10.6 Å². The maximum atomic E-state index is 12.0. The molecule has 1 aromatic carbocycles. The van der Waals surface area contributed by atoms with Crippen molar-refractivity contribution in [3.8, 4) is 5.75 Å². The fraction of sp³-hybridized carbons (Fsp3) is 0.353. The number of aliphatic hydroxyl groups is 1. The summed E-state index contributed by atoms with van der Waals surface area (Å²) >= 11 is 0. The second-order valence-corrected chi connectivity index (χ2v) is 5.35. The molecule has 0 spiro atoms. The molecule has 2 rings (SSSR count). The first-order chi connectivity index (χ1) is 11.0. The van der Waals surface area contributed by atoms with Crippen molar-refractivity contribution in [1.82, 2.24) is 10.6 Å². The van der Waals surface area contributed by atoms with Crippen molar-refractivity contribution in [2.75, 3.05) is 13.7 Å². The summed E-state index contributed by atoms with van der Waals surface area (Å²) in [5.41, 5.74) is 1.98. The van der Waals surface area contributed by atoms with Crippen LogP contribution in [0.5, 0.6) is 5.75 Å². The molecule has 0 saturated carbocycles. The number of benzene rings is 1. The zero-order chi connectivity index (χ0) is 16.8. The summed E-state index contributed by atoms with van der Waals surface area (Å²) in [6.45, 7) is 3.92. The monoisotopic (exact) mass is 318 g/mol. The van der Waals surface area contributed by atoms with Gasteiger partial charge >= 0.3 is 6.03 Å². The molecule has 3 N–H and O–H groups in total. The van der Waals surface area contributed by atoms with Gasteiger partial charge in [-0.15, -0.1) is 0 Å². The van der Waals surface area contributed by atoms with E-state index in [0.29, 0.717) is 5.76 Å². The number of amides is 2. The number of hydrogen-bond donors (Lipinski definition) is 3. The van der Waals surface area contributed by atoms with Crippen LogP contribution in [0.4, 0.5) is 4.79 Å². The first-order valence-corrected chi connectivity index (χ1v) is 7.41. The Kier molecular flexibility index (Phi) is 5.65. The highest BCUT2D eigenvalue weighted by Gasteiger charge is 2.16. The molecular weight excluding hydrogens is 296 g/mol. The first-order valence-electron chi connectivity index (χ1n) is 7.41. The fourth-order valence-electron chi connectivity index (χ4n) is 2.29. The SMILES string of the molecule is COc1ccc(C)cc1C(C)NC(=O)NCC(O)c1ccco1. The maximum Gasteiger partial charge on any atom is 0.315 e. The van der Waals surface area contributed by atoms with Crippen molar-refractivity contribution in [3.63, 3.8) is 0 Å². The molecule has 0 radical (unpaired) electrons. The number of furan rings is 1. The standard InChI is InChI=1S/C17H22N2O4/c1-11-6-7-15(22-3)13(9-11)12(2)19-17(21)18-10-14(20)16-5-4-8-23-16/h4-9,12,14,20H,10H2,1-3H3,(H2,18,19,21). The number of aryl methyl sites for hydroxylation is 1. The Hall–Kier alpha value is -2.47. The van der Waals surface area contributed by atoms with E-state index in [4.69, 9.17) is 9.15 Å². The van der Waals surface area contributed by atoms with Gasteiger partial charge in [-0.1, -0.05) is 17.7 Å². The summed E-state index contributed by atoms with van der Waals surface area (Å²) in [6.07, 6.45) is 0.601. The Bertz CT molecular complexity index is 640. The van der Waals surface area contributed by atoms with Gasteiger partial charge in [0.2, 0.25) is 0 Å². The molecule has 2 aromatic rings. The summed E-state index contributed by atoms with van der Waals surface area (Å²) in [7, 11) is 1.60. The van der Waals surface area contributed by atoms with E-state index in [1.54, 1.807) is 19.2 Å². The third-order valence-corrected chi connectivity index (χ3v) is 3.53. The molecule has 0 aliphatic heterocycles. The van der Waals surface area contributed by atoms with Crippen molar-refractivity contribution < 1.29 is 19.1 Å². The fourth-order valence-corrected chi connectivity index (χ4v) is 2.29. The Morgan fingerprint density at radius 2 is 2.17 bits per heavy atom. The van der Waals surface area contributed by atoms with E-state index in [0.717, 1.165) is 16.9 Å². The van der Waals surface area contributed by atoms with Crippen LogP contribution in [-0.2, 0) is 0 Å². The highest BCUT2D eigenvalue weighted by Crippen LogP contribution is 2.25. The number of aliphatic hydroxyl groups excluding tert-OH is 1. The quantitative estimate of drug-likeness (QED) is 0.764. The molecule has 124 valence electrons. The molecule has 2 atom stereocenters. The van der Waals surface area contributed by atoms with Crippen molar-refractivity contribution >= 4 is 6.03 Å². The minimum absolute atomic E-state index is 0.0665. The first kappa shape index (κ1) is 16.9. The Labute approximate surface area is 135 Å². The molecule has 1 aromatic heterocycles. The molecule has 0 aliphatic rings. The highest BCUT2D eigenvalue weighted by molar-refractivity contribution is 5.74. The summed E-state index contributed by atoms with van der Waals surface area (Å²) in [5.74, 6) is 1.14. The number of urea groups is 1. The van der Waals surface area contributed by atoms with Crippen LogP contribution in [0.2, 0.25) is 0 Å². The van der Waals surface area contributed by atoms with Crippen molar-refractivity contribution in [2.24, 2.45) is 0 Å². The van der Waals surface area contributed by atoms with Gasteiger partial charge in [-0.05, 0) is 32.0 Å². The van der Waals surface area contributed by atoms with Crippen molar-refractivity contribution in [1.29, 1.82) is 0 Å². The summed E-state index contributed by atoms with van der Waals surface area (Å²) in [4.78, 5) is 12.0. The predicted molar refractivity (Wildman–Crippen MR) is 86.3 cm³/mol. The predicted octanol–water partition coefficient (Wildman–Crippen LogP) is 2.69. The lowest BCUT2D eigenvalue weighted by Gasteiger charge is -2.19. The van der Waals surface area contributed by atoms with Gasteiger partial charge < -0.3 is 24.9 Å². The number of carbonyl (C=O) groups is 1. The van der Waals surface area contributed by atoms with Gasteiger partial charge in [0, 0.05) is 5.56 Å². The summed E-state index contributed by atoms with van der Waals surface area (Å²) in [6, 6.07) is 8.55. The van der Waals surface area contributed by atoms with Crippen LogP contribution in [0.15, 0.2) is 41.0 Å². The number of nitrogens with one attached hydrogen (secondary N) is 2. The molecule has 0 saturated heterocycles. The molecule has 1 heterocycles. The minimum Gasteiger partial charge on any atom is -0.496 e. The topological polar surface area (TPSA) is 83.7 Å². The van der Waals surface area contributed by atoms with E-state index in [-0.39, 0.29) is 18.6 Å². The number of rotatable bonds is 6. The Morgan fingerprint density at radius 3 is 2.83 bits per heavy atom. The van der Waals surface area contributed by atoms with Crippen LogP contribution in [0, 0.1) is 6.92 Å². The van der Waals surface area contributed by atoms with Crippen LogP contribution in [0.1, 0.15) is 36.0 Å². The number of hydrogen-bond acceptors (Lipinski definition) is 4. The van der Waals surface area contributed by atoms with Crippen LogP contribution in [-0.4, -0.2) is 24.8 Å². The second-order valence-electron chi connectivity index (χ2n) is 5.35. The lowest BCUT2D eigenvalue weighted by molar-refractivity contribution is 0.147. The van der Waals surface area contributed by atoms with Gasteiger partial charge in [0.1, 0.15) is 17.6 Å². The molecule has 0 aliphatic carbocycles. The molecule has 0 bridgehead atoms. The number of methoxy groups -OCH3 is 1. The molecule has 6 heteroatoms. The summed E-state index contributed by atoms with van der Waals surface area (Å²) < 4.78 is 10.4. The van der Waals surface area contributed by atoms with Gasteiger partial charge in [0.15, 0.2) is 0 Å². The lowest BCUT2D eigenvalue weighted by Crippen LogP contribution is -2.39. The molecule has 23 heavy (non-hydrogen) atoms. The van der Waals surface area contributed by atoms with E-state index in [1.807, 2.05) is 32.0 Å². The molecule has 6 nitrogen and oxygen atoms in total. The smallest absolute Gasteiger partial charge is 0.315 e. The van der Waals surface area contributed by atoms with E-state index in [9.17, 15) is 9.90 Å². The third kappa shape index (κ3) is 4.50. The third-order valence-electron chi connectivity index (χ3n) is 3.53. The van der Waals surface area contributed by atoms with Gasteiger partial charge in [-0.2, -0.15) is 0 Å². The van der Waals surface area contributed by atoms with Crippen LogP contribution < -0.4 is 15.4 Å². The molecule has 2 unspecified atom stereocenters. The largest absolute Gasteiger partial charge is 0.496 e. The van der Waals surface area contributed by atoms with Crippen LogP contribution in [0.3, 0.4) is 0 Å². The lowest BCUT2D eigenvalue weighted by atomic mass is 10.0. The Morgan fingerprint density at radius 1 is 1.39 bits per heavy atom. The molecule has 0 fully saturated rings. The number of ether oxygens (including phenoxy) is 1.